The minimum atomic E-state index is -0.128. The van der Waals surface area contributed by atoms with Crippen LogP contribution in [0.1, 0.15) is 25.5 Å². The van der Waals surface area contributed by atoms with Gasteiger partial charge in [0.05, 0.1) is 6.54 Å². The molecule has 1 aromatic rings. The predicted octanol–water partition coefficient (Wildman–Crippen LogP) is 1.23. The number of hydrogen-bond acceptors (Lipinski definition) is 4. The van der Waals surface area contributed by atoms with Crippen molar-refractivity contribution in [2.24, 2.45) is 0 Å². The van der Waals surface area contributed by atoms with Crippen molar-refractivity contribution in [3.63, 3.8) is 0 Å². The van der Waals surface area contributed by atoms with Crippen molar-refractivity contribution in [3.8, 4) is 11.5 Å². The van der Waals surface area contributed by atoms with E-state index in [-0.39, 0.29) is 30.0 Å². The number of hydrogen-bond donors (Lipinski definition) is 3. The lowest BCUT2D eigenvalue weighted by Crippen LogP contribution is -2.36. The summed E-state index contributed by atoms with van der Waals surface area (Å²) in [5.41, 5.74) is 0.736. The van der Waals surface area contributed by atoms with Crippen LogP contribution in [-0.4, -0.2) is 41.2 Å². The van der Waals surface area contributed by atoms with Crippen LogP contribution in [0.4, 0.5) is 0 Å². The largest absolute Gasteiger partial charge is 0.508 e. The van der Waals surface area contributed by atoms with Crippen LogP contribution in [0.5, 0.6) is 11.5 Å². The van der Waals surface area contributed by atoms with E-state index in [4.69, 9.17) is 0 Å². The Morgan fingerprint density at radius 1 is 1.33 bits per heavy atom. The molecule has 5 nitrogen and oxygen atoms in total. The van der Waals surface area contributed by atoms with Crippen molar-refractivity contribution >= 4 is 5.91 Å². The van der Waals surface area contributed by atoms with Gasteiger partial charge in [-0.3, -0.25) is 4.79 Å². The van der Waals surface area contributed by atoms with E-state index in [1.165, 1.54) is 6.07 Å². The normalized spacial score (nSPS) is 12.2. The minimum absolute atomic E-state index is 0.00808. The van der Waals surface area contributed by atoms with Gasteiger partial charge in [-0.25, -0.2) is 0 Å². The fourth-order valence-electron chi connectivity index (χ4n) is 1.54. The summed E-state index contributed by atoms with van der Waals surface area (Å²) in [7, 11) is 1.74. The molecule has 0 aliphatic rings. The summed E-state index contributed by atoms with van der Waals surface area (Å²) in [6, 6.07) is 4.26. The Balaban J connectivity index is 2.60. The van der Waals surface area contributed by atoms with Crippen molar-refractivity contribution in [3.05, 3.63) is 23.8 Å². The molecule has 1 unspecified atom stereocenters. The Kier molecular flexibility index (Phi) is 4.97. The topological polar surface area (TPSA) is 72.8 Å². The molecule has 1 amide bonds. The lowest BCUT2D eigenvalue weighted by Gasteiger charge is -2.18. The number of aromatic hydroxyl groups is 2. The van der Waals surface area contributed by atoms with Crippen molar-refractivity contribution < 1.29 is 15.0 Å². The van der Waals surface area contributed by atoms with Gasteiger partial charge in [0.15, 0.2) is 0 Å². The smallest absolute Gasteiger partial charge is 0.236 e. The van der Waals surface area contributed by atoms with Crippen LogP contribution in [0.3, 0.4) is 0 Å². The number of phenols is 2. The van der Waals surface area contributed by atoms with Crippen LogP contribution in [0.25, 0.3) is 0 Å². The molecule has 1 atom stereocenters. The minimum Gasteiger partial charge on any atom is -0.508 e. The van der Waals surface area contributed by atoms with E-state index in [0.29, 0.717) is 6.54 Å². The highest BCUT2D eigenvalue weighted by Crippen LogP contribution is 2.24. The number of nitrogens with zero attached hydrogens (tertiary/aromatic N) is 1. The molecule has 0 saturated heterocycles. The summed E-state index contributed by atoms with van der Waals surface area (Å²) in [5.74, 6) is 0.0278. The van der Waals surface area contributed by atoms with Gasteiger partial charge in [0.25, 0.3) is 0 Å². The molecule has 0 aliphatic carbocycles. The van der Waals surface area contributed by atoms with Gasteiger partial charge in [-0.15, -0.1) is 0 Å². The van der Waals surface area contributed by atoms with Gasteiger partial charge < -0.3 is 20.4 Å². The Labute approximate surface area is 107 Å². The Morgan fingerprint density at radius 3 is 2.39 bits per heavy atom. The number of carbonyl (C=O) groups is 1. The first-order chi connectivity index (χ1) is 8.43. The van der Waals surface area contributed by atoms with Crippen LogP contribution in [0.15, 0.2) is 18.2 Å². The number of nitrogens with one attached hydrogen (secondary N) is 1. The number of amides is 1. The molecule has 0 radical (unpaired) electrons. The van der Waals surface area contributed by atoms with E-state index in [1.807, 2.05) is 13.8 Å². The van der Waals surface area contributed by atoms with E-state index < -0.39 is 0 Å². The monoisotopic (exact) mass is 252 g/mol. The standard InChI is InChI=1S/C13H20N2O3/c1-4-15(3)13(18)8-14-9(2)10-5-11(16)7-12(17)6-10/h5-7,9,14,16-17H,4,8H2,1-3H3. The summed E-state index contributed by atoms with van der Waals surface area (Å²) >= 11 is 0. The molecular weight excluding hydrogens is 232 g/mol. The highest BCUT2D eigenvalue weighted by Gasteiger charge is 2.11. The third-order valence-corrected chi connectivity index (χ3v) is 2.88. The fourth-order valence-corrected chi connectivity index (χ4v) is 1.54. The van der Waals surface area contributed by atoms with E-state index in [2.05, 4.69) is 5.32 Å². The summed E-state index contributed by atoms with van der Waals surface area (Å²) < 4.78 is 0. The molecule has 1 aromatic carbocycles. The Bertz CT molecular complexity index is 400. The molecule has 5 heteroatoms. The van der Waals surface area contributed by atoms with Gasteiger partial charge in [0, 0.05) is 25.7 Å². The second-order valence-corrected chi connectivity index (χ2v) is 4.29. The molecule has 0 heterocycles. The lowest BCUT2D eigenvalue weighted by molar-refractivity contribution is -0.128. The average Bonchev–Trinajstić information content (AvgIpc) is 2.33. The first-order valence-corrected chi connectivity index (χ1v) is 5.94. The van der Waals surface area contributed by atoms with Crippen molar-refractivity contribution in [1.29, 1.82) is 0 Å². The molecule has 0 saturated carbocycles. The molecule has 18 heavy (non-hydrogen) atoms. The van der Waals surface area contributed by atoms with Gasteiger partial charge in [-0.05, 0) is 31.5 Å². The molecule has 3 N–H and O–H groups in total. The second-order valence-electron chi connectivity index (χ2n) is 4.29. The third-order valence-electron chi connectivity index (χ3n) is 2.88. The van der Waals surface area contributed by atoms with Crippen LogP contribution >= 0.6 is 0 Å². The molecule has 100 valence electrons. The zero-order valence-corrected chi connectivity index (χ0v) is 11.0. The molecule has 1 rings (SSSR count). The lowest BCUT2D eigenvalue weighted by atomic mass is 10.1. The van der Waals surface area contributed by atoms with Gasteiger partial charge in [0.1, 0.15) is 11.5 Å². The molecule has 0 aliphatic heterocycles. The van der Waals surface area contributed by atoms with Crippen molar-refractivity contribution in [1.82, 2.24) is 10.2 Å². The van der Waals surface area contributed by atoms with Crippen LogP contribution in [-0.2, 0) is 4.79 Å². The molecule has 0 bridgehead atoms. The maximum atomic E-state index is 11.6. The van der Waals surface area contributed by atoms with Crippen molar-refractivity contribution in [2.45, 2.75) is 19.9 Å². The van der Waals surface area contributed by atoms with E-state index >= 15 is 0 Å². The highest BCUT2D eigenvalue weighted by molar-refractivity contribution is 5.77. The number of benzene rings is 1. The predicted molar refractivity (Wildman–Crippen MR) is 69.5 cm³/mol. The van der Waals surface area contributed by atoms with Crippen LogP contribution in [0.2, 0.25) is 0 Å². The van der Waals surface area contributed by atoms with Crippen molar-refractivity contribution in [2.75, 3.05) is 20.1 Å². The summed E-state index contributed by atoms with van der Waals surface area (Å²) in [5, 5.41) is 21.8. The highest BCUT2D eigenvalue weighted by atomic mass is 16.3. The van der Waals surface area contributed by atoms with Gasteiger partial charge in [-0.2, -0.15) is 0 Å². The molecular formula is C13H20N2O3. The first kappa shape index (κ1) is 14.3. The average molecular weight is 252 g/mol. The zero-order valence-electron chi connectivity index (χ0n) is 11.0. The number of carbonyl (C=O) groups excluding carboxylic acids is 1. The third kappa shape index (κ3) is 3.92. The summed E-state index contributed by atoms with van der Waals surface area (Å²) in [6.45, 7) is 4.67. The zero-order chi connectivity index (χ0) is 13.7. The molecule has 0 fully saturated rings. The van der Waals surface area contributed by atoms with Gasteiger partial charge in [-0.1, -0.05) is 0 Å². The fraction of sp³-hybridized carbons (Fsp3) is 0.462. The van der Waals surface area contributed by atoms with E-state index in [1.54, 1.807) is 24.1 Å². The number of likely N-dealkylation sites (N-methyl/N-ethyl adjacent to an activating group) is 1. The Morgan fingerprint density at radius 2 is 1.89 bits per heavy atom. The summed E-state index contributed by atoms with van der Waals surface area (Å²) in [6.07, 6.45) is 0. The maximum absolute atomic E-state index is 11.6. The quantitative estimate of drug-likeness (QED) is 0.737. The number of rotatable bonds is 5. The second kappa shape index (κ2) is 6.26. The van der Waals surface area contributed by atoms with E-state index in [0.717, 1.165) is 5.56 Å². The van der Waals surface area contributed by atoms with Gasteiger partial charge >= 0.3 is 0 Å². The molecule has 0 spiro atoms. The van der Waals surface area contributed by atoms with Crippen LogP contribution in [0, 0.1) is 0 Å². The number of phenolic OH excluding ortho intramolecular Hbond substituents is 2. The maximum Gasteiger partial charge on any atom is 0.236 e. The van der Waals surface area contributed by atoms with E-state index in [9.17, 15) is 15.0 Å². The van der Waals surface area contributed by atoms with Crippen LogP contribution < -0.4 is 5.32 Å². The first-order valence-electron chi connectivity index (χ1n) is 5.94. The SMILES string of the molecule is CCN(C)C(=O)CNC(C)c1cc(O)cc(O)c1. The summed E-state index contributed by atoms with van der Waals surface area (Å²) in [4.78, 5) is 13.2. The van der Waals surface area contributed by atoms with Gasteiger partial charge in [0.2, 0.25) is 5.91 Å². The Hall–Kier alpha value is -1.75. The molecule has 0 aromatic heterocycles.